The highest BCUT2D eigenvalue weighted by atomic mass is 16.5. The summed E-state index contributed by atoms with van der Waals surface area (Å²) in [6.45, 7) is 2.59. The van der Waals surface area contributed by atoms with Gasteiger partial charge in [0.1, 0.15) is 6.04 Å². The predicted molar refractivity (Wildman–Crippen MR) is 92.5 cm³/mol. The van der Waals surface area contributed by atoms with Crippen molar-refractivity contribution in [3.8, 4) is 0 Å². The highest BCUT2D eigenvalue weighted by Crippen LogP contribution is 2.13. The van der Waals surface area contributed by atoms with Crippen LogP contribution in [-0.2, 0) is 25.7 Å². The number of rotatable bonds is 5. The summed E-state index contributed by atoms with van der Waals surface area (Å²) < 4.78 is 5.02. The van der Waals surface area contributed by atoms with Gasteiger partial charge in [0.15, 0.2) is 0 Å². The molecule has 0 aromatic heterocycles. The summed E-state index contributed by atoms with van der Waals surface area (Å²) >= 11 is 0. The zero-order valence-electron chi connectivity index (χ0n) is 15.0. The summed E-state index contributed by atoms with van der Waals surface area (Å²) in [5.41, 5.74) is 0.937. The van der Waals surface area contributed by atoms with Crippen LogP contribution in [0.3, 0.4) is 0 Å². The SMILES string of the molecule is COCCN1CC(=O)N(Cc2ccccc2)C(C)C(=O)N(C)CC1=O. The van der Waals surface area contributed by atoms with Crippen LogP contribution in [0.25, 0.3) is 0 Å². The van der Waals surface area contributed by atoms with Gasteiger partial charge in [-0.15, -0.1) is 0 Å². The molecular weight excluding hydrogens is 322 g/mol. The Morgan fingerprint density at radius 1 is 1.08 bits per heavy atom. The van der Waals surface area contributed by atoms with Crippen LogP contribution in [0, 0.1) is 0 Å². The Hall–Kier alpha value is -2.41. The summed E-state index contributed by atoms with van der Waals surface area (Å²) in [5, 5.41) is 0. The van der Waals surface area contributed by atoms with Gasteiger partial charge in [0, 0.05) is 27.2 Å². The summed E-state index contributed by atoms with van der Waals surface area (Å²) in [6, 6.07) is 8.88. The van der Waals surface area contributed by atoms with Crippen molar-refractivity contribution in [1.82, 2.24) is 14.7 Å². The summed E-state index contributed by atoms with van der Waals surface area (Å²) in [7, 11) is 3.13. The van der Waals surface area contributed by atoms with E-state index in [4.69, 9.17) is 4.74 Å². The minimum atomic E-state index is -0.632. The molecule has 1 atom stereocenters. The van der Waals surface area contributed by atoms with Crippen LogP contribution in [0.5, 0.6) is 0 Å². The second-order valence-corrected chi connectivity index (χ2v) is 6.19. The first-order chi connectivity index (χ1) is 11.9. The standard InChI is InChI=1S/C18H25N3O4/c1-14-18(24)19(2)12-16(22)20(9-10-25-3)13-17(23)21(14)11-15-7-5-4-6-8-15/h4-8,14H,9-13H2,1-3H3. The molecule has 7 nitrogen and oxygen atoms in total. The van der Waals surface area contributed by atoms with Gasteiger partial charge >= 0.3 is 0 Å². The number of carbonyl (C=O) groups excluding carboxylic acids is 3. The van der Waals surface area contributed by atoms with Gasteiger partial charge in [-0.1, -0.05) is 30.3 Å². The van der Waals surface area contributed by atoms with Gasteiger partial charge in [0.2, 0.25) is 17.7 Å². The number of methoxy groups -OCH3 is 1. The van der Waals surface area contributed by atoms with Crippen molar-refractivity contribution < 1.29 is 19.1 Å². The van der Waals surface area contributed by atoms with Gasteiger partial charge < -0.3 is 19.4 Å². The highest BCUT2D eigenvalue weighted by molar-refractivity contribution is 5.94. The highest BCUT2D eigenvalue weighted by Gasteiger charge is 2.33. The van der Waals surface area contributed by atoms with E-state index < -0.39 is 6.04 Å². The molecule has 1 aromatic carbocycles. The number of nitrogens with zero attached hydrogens (tertiary/aromatic N) is 3. The Morgan fingerprint density at radius 2 is 1.76 bits per heavy atom. The lowest BCUT2D eigenvalue weighted by atomic mass is 10.1. The molecule has 0 aliphatic carbocycles. The number of likely N-dealkylation sites (N-methyl/N-ethyl adjacent to an activating group) is 1. The lowest BCUT2D eigenvalue weighted by Gasteiger charge is -2.30. The molecule has 3 amide bonds. The van der Waals surface area contributed by atoms with Crippen molar-refractivity contribution in [2.75, 3.05) is 40.4 Å². The van der Waals surface area contributed by atoms with Gasteiger partial charge in [-0.05, 0) is 12.5 Å². The molecule has 0 radical (unpaired) electrons. The van der Waals surface area contributed by atoms with Gasteiger partial charge in [-0.2, -0.15) is 0 Å². The van der Waals surface area contributed by atoms with Crippen molar-refractivity contribution in [3.63, 3.8) is 0 Å². The molecule has 1 fully saturated rings. The summed E-state index contributed by atoms with van der Waals surface area (Å²) in [5.74, 6) is -0.745. The normalized spacial score (nSPS) is 19.7. The monoisotopic (exact) mass is 347 g/mol. The fraction of sp³-hybridized carbons (Fsp3) is 0.500. The zero-order chi connectivity index (χ0) is 18.4. The molecule has 0 saturated carbocycles. The third-order valence-corrected chi connectivity index (χ3v) is 4.33. The average Bonchev–Trinajstić information content (AvgIpc) is 2.63. The van der Waals surface area contributed by atoms with Crippen molar-refractivity contribution in [2.45, 2.75) is 19.5 Å². The first-order valence-corrected chi connectivity index (χ1v) is 8.29. The summed E-state index contributed by atoms with van der Waals surface area (Å²) in [4.78, 5) is 42.2. The molecule has 1 aliphatic rings. The maximum absolute atomic E-state index is 12.8. The molecule has 7 heteroatoms. The van der Waals surface area contributed by atoms with Crippen LogP contribution in [0.15, 0.2) is 30.3 Å². The van der Waals surface area contributed by atoms with Gasteiger partial charge in [0.05, 0.1) is 19.7 Å². The van der Waals surface area contributed by atoms with Crippen LogP contribution in [-0.4, -0.2) is 78.9 Å². The molecule has 1 heterocycles. The maximum Gasteiger partial charge on any atom is 0.245 e. The van der Waals surface area contributed by atoms with Crippen LogP contribution in [0.2, 0.25) is 0 Å². The Labute approximate surface area is 148 Å². The third kappa shape index (κ3) is 4.79. The van der Waals surface area contributed by atoms with Crippen molar-refractivity contribution in [1.29, 1.82) is 0 Å². The first-order valence-electron chi connectivity index (χ1n) is 8.29. The van der Waals surface area contributed by atoms with Crippen LogP contribution < -0.4 is 0 Å². The van der Waals surface area contributed by atoms with E-state index >= 15 is 0 Å². The van der Waals surface area contributed by atoms with E-state index in [1.165, 1.54) is 14.7 Å². The lowest BCUT2D eigenvalue weighted by Crippen LogP contribution is -2.48. The first kappa shape index (κ1) is 18.9. The van der Waals surface area contributed by atoms with Crippen LogP contribution >= 0.6 is 0 Å². The van der Waals surface area contributed by atoms with Crippen LogP contribution in [0.4, 0.5) is 0 Å². The van der Waals surface area contributed by atoms with Crippen molar-refractivity contribution in [2.24, 2.45) is 0 Å². The van der Waals surface area contributed by atoms with E-state index in [1.807, 2.05) is 30.3 Å². The molecule has 2 rings (SSSR count). The summed E-state index contributed by atoms with van der Waals surface area (Å²) in [6.07, 6.45) is 0. The number of hydrogen-bond acceptors (Lipinski definition) is 4. The molecule has 0 N–H and O–H groups in total. The molecule has 136 valence electrons. The molecule has 1 aromatic rings. The molecule has 1 aliphatic heterocycles. The fourth-order valence-corrected chi connectivity index (χ4v) is 2.80. The topological polar surface area (TPSA) is 70.2 Å². The molecule has 0 spiro atoms. The number of carbonyl (C=O) groups is 3. The van der Waals surface area contributed by atoms with Gasteiger partial charge in [0.25, 0.3) is 0 Å². The second kappa shape index (κ2) is 8.62. The van der Waals surface area contributed by atoms with Gasteiger partial charge in [-0.3, -0.25) is 14.4 Å². The average molecular weight is 347 g/mol. The number of hydrogen-bond donors (Lipinski definition) is 0. The van der Waals surface area contributed by atoms with E-state index in [0.29, 0.717) is 19.7 Å². The predicted octanol–water partition coefficient (Wildman–Crippen LogP) is 0.351. The van der Waals surface area contributed by atoms with E-state index in [-0.39, 0.29) is 30.8 Å². The largest absolute Gasteiger partial charge is 0.383 e. The van der Waals surface area contributed by atoms with Crippen molar-refractivity contribution in [3.05, 3.63) is 35.9 Å². The Kier molecular flexibility index (Phi) is 6.52. The Bertz CT molecular complexity index is 620. The fourth-order valence-electron chi connectivity index (χ4n) is 2.80. The second-order valence-electron chi connectivity index (χ2n) is 6.19. The quantitative estimate of drug-likeness (QED) is 0.771. The van der Waals surface area contributed by atoms with Crippen molar-refractivity contribution >= 4 is 17.7 Å². The molecule has 1 saturated heterocycles. The van der Waals surface area contributed by atoms with E-state index in [9.17, 15) is 14.4 Å². The molecule has 1 unspecified atom stereocenters. The van der Waals surface area contributed by atoms with Crippen LogP contribution in [0.1, 0.15) is 12.5 Å². The molecular formula is C18H25N3O4. The third-order valence-electron chi connectivity index (χ3n) is 4.33. The number of amides is 3. The minimum absolute atomic E-state index is 0.0423. The van der Waals surface area contributed by atoms with E-state index in [0.717, 1.165) is 5.56 Å². The van der Waals surface area contributed by atoms with E-state index in [2.05, 4.69) is 0 Å². The number of benzene rings is 1. The molecule has 25 heavy (non-hydrogen) atoms. The van der Waals surface area contributed by atoms with E-state index in [1.54, 1.807) is 21.1 Å². The minimum Gasteiger partial charge on any atom is -0.383 e. The smallest absolute Gasteiger partial charge is 0.245 e. The Morgan fingerprint density at radius 3 is 2.40 bits per heavy atom. The lowest BCUT2D eigenvalue weighted by molar-refractivity contribution is -0.144. The Balaban J connectivity index is 2.27. The number of ether oxygens (including phenoxy) is 1. The zero-order valence-corrected chi connectivity index (χ0v) is 15.0. The molecule has 0 bridgehead atoms. The maximum atomic E-state index is 12.8. The van der Waals surface area contributed by atoms with Gasteiger partial charge in [-0.25, -0.2) is 0 Å².